The van der Waals surface area contributed by atoms with Crippen LogP contribution in [-0.4, -0.2) is 11.3 Å². The van der Waals surface area contributed by atoms with Crippen molar-refractivity contribution in [1.29, 1.82) is 0 Å². The predicted molar refractivity (Wildman–Crippen MR) is 83.9 cm³/mol. The van der Waals surface area contributed by atoms with Crippen LogP contribution in [0, 0.1) is 6.92 Å². The number of fused-ring (bicyclic) bond motifs is 1. The van der Waals surface area contributed by atoms with Gasteiger partial charge in [-0.2, -0.15) is 0 Å². The fourth-order valence-electron chi connectivity index (χ4n) is 2.35. The summed E-state index contributed by atoms with van der Waals surface area (Å²) < 4.78 is 0. The summed E-state index contributed by atoms with van der Waals surface area (Å²) in [6.07, 6.45) is 0.852. The number of hydrogen-bond acceptors (Lipinski definition) is 1. The Morgan fingerprint density at radius 3 is 2.65 bits per heavy atom. The van der Waals surface area contributed by atoms with Crippen LogP contribution in [0.15, 0.2) is 36.4 Å². The van der Waals surface area contributed by atoms with Crippen LogP contribution >= 0.6 is 23.2 Å². The minimum absolute atomic E-state index is 0.556. The first-order valence-corrected chi connectivity index (χ1v) is 6.88. The van der Waals surface area contributed by atoms with Crippen LogP contribution in [0.1, 0.15) is 15.9 Å². The molecule has 100 valence electrons. The summed E-state index contributed by atoms with van der Waals surface area (Å²) in [7, 11) is 0. The molecule has 3 rings (SSSR count). The molecule has 0 aliphatic rings. The third kappa shape index (κ3) is 2.11. The van der Waals surface area contributed by atoms with Gasteiger partial charge in [-0.25, -0.2) is 0 Å². The summed E-state index contributed by atoms with van der Waals surface area (Å²) in [6.45, 7) is 1.99. The Morgan fingerprint density at radius 2 is 1.90 bits per heavy atom. The van der Waals surface area contributed by atoms with E-state index >= 15 is 0 Å². The van der Waals surface area contributed by atoms with Crippen molar-refractivity contribution in [2.75, 3.05) is 0 Å². The molecule has 4 heteroatoms. The molecule has 0 saturated carbocycles. The number of carbonyl (C=O) groups excluding carboxylic acids is 1. The zero-order chi connectivity index (χ0) is 14.3. The molecule has 3 aromatic rings. The predicted octanol–water partition coefficient (Wildman–Crippen LogP) is 5.26. The maximum absolute atomic E-state index is 11.5. The van der Waals surface area contributed by atoms with Gasteiger partial charge < -0.3 is 4.98 Å². The first-order valence-electron chi connectivity index (χ1n) is 6.13. The van der Waals surface area contributed by atoms with Crippen LogP contribution in [0.5, 0.6) is 0 Å². The molecule has 0 spiro atoms. The average Bonchev–Trinajstić information content (AvgIpc) is 2.79. The Bertz CT molecular complexity index is 821. The zero-order valence-electron chi connectivity index (χ0n) is 10.7. The molecule has 0 bridgehead atoms. The number of aldehydes is 1. The second-order valence-corrected chi connectivity index (χ2v) is 5.55. The standard InChI is InChI=1S/C16H11Cl2NO/c1-9-2-5-15-11(6-9)13(8-20)16(19-15)12-7-10(17)3-4-14(12)18/h2-8,19H,1H3. The van der Waals surface area contributed by atoms with Crippen molar-refractivity contribution in [2.24, 2.45) is 0 Å². The minimum Gasteiger partial charge on any atom is -0.354 e. The number of halogens is 2. The quantitative estimate of drug-likeness (QED) is 0.643. The van der Waals surface area contributed by atoms with E-state index in [-0.39, 0.29) is 0 Å². The molecule has 2 nitrogen and oxygen atoms in total. The van der Waals surface area contributed by atoms with E-state index in [1.807, 2.05) is 25.1 Å². The summed E-state index contributed by atoms with van der Waals surface area (Å²) in [5.41, 5.74) is 4.04. The van der Waals surface area contributed by atoms with Gasteiger partial charge in [-0.15, -0.1) is 0 Å². The van der Waals surface area contributed by atoms with Gasteiger partial charge in [0.1, 0.15) is 0 Å². The van der Waals surface area contributed by atoms with Crippen molar-refractivity contribution in [1.82, 2.24) is 4.98 Å². The van der Waals surface area contributed by atoms with Crippen LogP contribution in [-0.2, 0) is 0 Å². The van der Waals surface area contributed by atoms with Gasteiger partial charge in [0.05, 0.1) is 10.7 Å². The first kappa shape index (κ1) is 13.2. The Labute approximate surface area is 126 Å². The molecule has 1 aromatic heterocycles. The topological polar surface area (TPSA) is 32.9 Å². The van der Waals surface area contributed by atoms with Gasteiger partial charge in [0.15, 0.2) is 6.29 Å². The van der Waals surface area contributed by atoms with E-state index in [1.54, 1.807) is 18.2 Å². The number of benzene rings is 2. The minimum atomic E-state index is 0.556. The summed E-state index contributed by atoms with van der Waals surface area (Å²) >= 11 is 12.2. The van der Waals surface area contributed by atoms with Gasteiger partial charge in [0.25, 0.3) is 0 Å². The number of H-pyrrole nitrogens is 1. The monoisotopic (exact) mass is 303 g/mol. The van der Waals surface area contributed by atoms with E-state index in [1.165, 1.54) is 0 Å². The molecule has 2 aromatic carbocycles. The number of rotatable bonds is 2. The van der Waals surface area contributed by atoms with Crippen LogP contribution in [0.2, 0.25) is 10.0 Å². The van der Waals surface area contributed by atoms with E-state index in [0.29, 0.717) is 21.3 Å². The highest BCUT2D eigenvalue weighted by molar-refractivity contribution is 6.35. The normalized spacial score (nSPS) is 10.9. The molecular weight excluding hydrogens is 293 g/mol. The number of carbonyl (C=O) groups is 1. The number of hydrogen-bond donors (Lipinski definition) is 1. The van der Waals surface area contributed by atoms with Gasteiger partial charge in [0.2, 0.25) is 0 Å². The largest absolute Gasteiger partial charge is 0.354 e. The molecule has 20 heavy (non-hydrogen) atoms. The van der Waals surface area contributed by atoms with Crippen molar-refractivity contribution in [2.45, 2.75) is 6.92 Å². The van der Waals surface area contributed by atoms with Gasteiger partial charge in [-0.05, 0) is 37.3 Å². The Morgan fingerprint density at radius 1 is 1.10 bits per heavy atom. The first-order chi connectivity index (χ1) is 9.60. The summed E-state index contributed by atoms with van der Waals surface area (Å²) in [5, 5.41) is 2.03. The Hall–Kier alpha value is -1.77. The molecule has 0 amide bonds. The van der Waals surface area contributed by atoms with Crippen molar-refractivity contribution in [3.8, 4) is 11.3 Å². The van der Waals surface area contributed by atoms with Crippen molar-refractivity contribution in [3.05, 3.63) is 57.6 Å². The lowest BCUT2D eigenvalue weighted by Gasteiger charge is -2.04. The third-order valence-electron chi connectivity index (χ3n) is 3.31. The lowest BCUT2D eigenvalue weighted by Crippen LogP contribution is -1.86. The fourth-order valence-corrected chi connectivity index (χ4v) is 2.73. The molecular formula is C16H11Cl2NO. The van der Waals surface area contributed by atoms with Gasteiger partial charge in [-0.3, -0.25) is 4.79 Å². The maximum Gasteiger partial charge on any atom is 0.152 e. The van der Waals surface area contributed by atoms with E-state index in [4.69, 9.17) is 23.2 Å². The second-order valence-electron chi connectivity index (χ2n) is 4.70. The van der Waals surface area contributed by atoms with Gasteiger partial charge >= 0.3 is 0 Å². The van der Waals surface area contributed by atoms with E-state index in [0.717, 1.165) is 28.3 Å². The molecule has 0 saturated heterocycles. The molecule has 0 aliphatic heterocycles. The summed E-state index contributed by atoms with van der Waals surface area (Å²) in [5.74, 6) is 0. The van der Waals surface area contributed by atoms with Crippen molar-refractivity contribution < 1.29 is 4.79 Å². The third-order valence-corrected chi connectivity index (χ3v) is 3.87. The highest BCUT2D eigenvalue weighted by atomic mass is 35.5. The van der Waals surface area contributed by atoms with Gasteiger partial charge in [-0.1, -0.05) is 34.8 Å². The average molecular weight is 304 g/mol. The number of aryl methyl sites for hydroxylation is 1. The highest BCUT2D eigenvalue weighted by Crippen LogP contribution is 2.35. The molecule has 1 N–H and O–H groups in total. The Balaban J connectivity index is 2.36. The smallest absolute Gasteiger partial charge is 0.152 e. The van der Waals surface area contributed by atoms with Crippen LogP contribution in [0.25, 0.3) is 22.2 Å². The van der Waals surface area contributed by atoms with E-state index in [9.17, 15) is 4.79 Å². The van der Waals surface area contributed by atoms with E-state index < -0.39 is 0 Å². The summed E-state index contributed by atoms with van der Waals surface area (Å²) in [6, 6.07) is 11.1. The lowest BCUT2D eigenvalue weighted by molar-refractivity contribution is 0.112. The van der Waals surface area contributed by atoms with Crippen molar-refractivity contribution in [3.63, 3.8) is 0 Å². The fraction of sp³-hybridized carbons (Fsp3) is 0.0625. The highest BCUT2D eigenvalue weighted by Gasteiger charge is 2.15. The number of aromatic amines is 1. The SMILES string of the molecule is Cc1ccc2[nH]c(-c3cc(Cl)ccc3Cl)c(C=O)c2c1. The maximum atomic E-state index is 11.5. The molecule has 0 radical (unpaired) electrons. The second kappa shape index (κ2) is 4.97. The molecule has 0 aliphatic carbocycles. The zero-order valence-corrected chi connectivity index (χ0v) is 12.2. The van der Waals surface area contributed by atoms with E-state index in [2.05, 4.69) is 4.98 Å². The van der Waals surface area contributed by atoms with Crippen molar-refractivity contribution >= 4 is 40.4 Å². The Kier molecular flexibility index (Phi) is 3.28. The molecule has 0 atom stereocenters. The number of aromatic nitrogens is 1. The van der Waals surface area contributed by atoms with Gasteiger partial charge in [0, 0.05) is 27.1 Å². The van der Waals surface area contributed by atoms with Crippen LogP contribution in [0.3, 0.4) is 0 Å². The molecule has 0 fully saturated rings. The lowest BCUT2D eigenvalue weighted by atomic mass is 10.1. The molecule has 0 unspecified atom stereocenters. The van der Waals surface area contributed by atoms with Crippen LogP contribution in [0.4, 0.5) is 0 Å². The summed E-state index contributed by atoms with van der Waals surface area (Å²) in [4.78, 5) is 14.7. The number of nitrogens with one attached hydrogen (secondary N) is 1. The van der Waals surface area contributed by atoms with Crippen LogP contribution < -0.4 is 0 Å². The molecule has 1 heterocycles.